The fourth-order valence-electron chi connectivity index (χ4n) is 1.77. The van der Waals surface area contributed by atoms with Crippen LogP contribution in [0.2, 0.25) is 0 Å². The Bertz CT molecular complexity index is 359. The number of hydrogen-bond donors (Lipinski definition) is 3. The molecule has 0 spiro atoms. The number of rotatable bonds is 4. The quantitative estimate of drug-likeness (QED) is 0.582. The molecule has 0 aromatic rings. The van der Waals surface area contributed by atoms with Crippen molar-refractivity contribution in [1.82, 2.24) is 10.2 Å². The van der Waals surface area contributed by atoms with Gasteiger partial charge < -0.3 is 25.8 Å². The molecule has 3 unspecified atom stereocenters. The fourth-order valence-corrected chi connectivity index (χ4v) is 1.77. The van der Waals surface area contributed by atoms with Gasteiger partial charge in [0.15, 0.2) is 0 Å². The number of carbonyl (C=O) groups excluding carboxylic acids is 2. The number of nitrogens with one attached hydrogen (secondary N) is 1. The Morgan fingerprint density at radius 1 is 1.50 bits per heavy atom. The number of amides is 3. The van der Waals surface area contributed by atoms with Crippen LogP contribution in [0.5, 0.6) is 0 Å². The summed E-state index contributed by atoms with van der Waals surface area (Å²) in [7, 11) is 1.46. The van der Waals surface area contributed by atoms with Gasteiger partial charge in [-0.2, -0.15) is 0 Å². The third kappa shape index (κ3) is 3.10. The molecule has 102 valence electrons. The van der Waals surface area contributed by atoms with Crippen molar-refractivity contribution in [1.29, 1.82) is 0 Å². The zero-order valence-electron chi connectivity index (χ0n) is 10.3. The van der Waals surface area contributed by atoms with Gasteiger partial charge in [-0.15, -0.1) is 0 Å². The summed E-state index contributed by atoms with van der Waals surface area (Å²) in [6.45, 7) is 1.60. The van der Waals surface area contributed by atoms with Crippen LogP contribution in [0.15, 0.2) is 0 Å². The first-order valence-electron chi connectivity index (χ1n) is 5.48. The first kappa shape index (κ1) is 14.2. The van der Waals surface area contributed by atoms with Gasteiger partial charge in [0.25, 0.3) is 0 Å². The van der Waals surface area contributed by atoms with Gasteiger partial charge in [0.05, 0.1) is 6.10 Å². The van der Waals surface area contributed by atoms with Crippen LogP contribution in [0.3, 0.4) is 0 Å². The second kappa shape index (κ2) is 5.67. The summed E-state index contributed by atoms with van der Waals surface area (Å²) >= 11 is 0. The summed E-state index contributed by atoms with van der Waals surface area (Å²) in [6.07, 6.45) is -0.0924. The van der Waals surface area contributed by atoms with Crippen LogP contribution in [-0.4, -0.2) is 59.8 Å². The molecule has 1 saturated heterocycles. The molecule has 0 radical (unpaired) electrons. The molecule has 0 aromatic carbocycles. The van der Waals surface area contributed by atoms with Crippen LogP contribution in [0, 0.1) is 0 Å². The number of aliphatic carboxylic acids is 1. The van der Waals surface area contributed by atoms with Gasteiger partial charge in [-0.25, -0.2) is 9.59 Å². The standard InChI is InChI=1S/C10H17N3O5/c1-5(8(11)14)12-10(17)13-4-6(18-2)3-7(13)9(15)16/h5-7H,3-4H2,1-2H3,(H2,11,14)(H,12,17)(H,15,16). The highest BCUT2D eigenvalue weighted by Crippen LogP contribution is 2.20. The molecule has 1 fully saturated rings. The molecule has 18 heavy (non-hydrogen) atoms. The zero-order valence-corrected chi connectivity index (χ0v) is 10.3. The second-order valence-electron chi connectivity index (χ2n) is 4.17. The maximum Gasteiger partial charge on any atom is 0.326 e. The van der Waals surface area contributed by atoms with E-state index in [-0.39, 0.29) is 19.1 Å². The monoisotopic (exact) mass is 259 g/mol. The maximum absolute atomic E-state index is 11.8. The van der Waals surface area contributed by atoms with Crippen molar-refractivity contribution in [3.63, 3.8) is 0 Å². The molecular weight excluding hydrogens is 242 g/mol. The number of nitrogens with zero attached hydrogens (tertiary/aromatic N) is 1. The van der Waals surface area contributed by atoms with E-state index in [9.17, 15) is 14.4 Å². The number of primary amides is 1. The summed E-state index contributed by atoms with van der Waals surface area (Å²) in [5.41, 5.74) is 5.02. The summed E-state index contributed by atoms with van der Waals surface area (Å²) in [4.78, 5) is 34.8. The lowest BCUT2D eigenvalue weighted by Crippen LogP contribution is -2.51. The number of urea groups is 1. The second-order valence-corrected chi connectivity index (χ2v) is 4.17. The molecule has 1 aliphatic heterocycles. The van der Waals surface area contributed by atoms with Gasteiger partial charge in [-0.3, -0.25) is 4.79 Å². The van der Waals surface area contributed by atoms with E-state index >= 15 is 0 Å². The predicted molar refractivity (Wildman–Crippen MR) is 60.7 cm³/mol. The maximum atomic E-state index is 11.8. The number of ether oxygens (including phenoxy) is 1. The van der Waals surface area contributed by atoms with Crippen LogP contribution in [0.1, 0.15) is 13.3 Å². The van der Waals surface area contributed by atoms with Crippen molar-refractivity contribution in [2.75, 3.05) is 13.7 Å². The normalized spacial score (nSPS) is 24.7. The van der Waals surface area contributed by atoms with Crippen molar-refractivity contribution in [3.8, 4) is 0 Å². The van der Waals surface area contributed by atoms with Crippen molar-refractivity contribution in [3.05, 3.63) is 0 Å². The third-order valence-corrected chi connectivity index (χ3v) is 2.91. The minimum Gasteiger partial charge on any atom is -0.480 e. The summed E-state index contributed by atoms with van der Waals surface area (Å²) in [6, 6.07) is -2.43. The smallest absolute Gasteiger partial charge is 0.326 e. The first-order chi connectivity index (χ1) is 8.36. The van der Waals surface area contributed by atoms with Crippen LogP contribution in [0.4, 0.5) is 4.79 Å². The number of carbonyl (C=O) groups is 3. The highest BCUT2D eigenvalue weighted by molar-refractivity contribution is 5.88. The Morgan fingerprint density at radius 2 is 2.11 bits per heavy atom. The molecule has 0 saturated carbocycles. The Balaban J connectivity index is 2.70. The van der Waals surface area contributed by atoms with Crippen molar-refractivity contribution >= 4 is 17.9 Å². The molecule has 0 bridgehead atoms. The SMILES string of the molecule is COC1CC(C(=O)O)N(C(=O)NC(C)C(N)=O)C1. The molecule has 0 aliphatic carbocycles. The van der Waals surface area contributed by atoms with Crippen LogP contribution < -0.4 is 11.1 Å². The van der Waals surface area contributed by atoms with Crippen molar-refractivity contribution < 1.29 is 24.2 Å². The average molecular weight is 259 g/mol. The number of methoxy groups -OCH3 is 1. The molecule has 0 aromatic heterocycles. The minimum atomic E-state index is -1.10. The first-order valence-corrected chi connectivity index (χ1v) is 5.48. The van der Waals surface area contributed by atoms with E-state index in [0.29, 0.717) is 0 Å². The third-order valence-electron chi connectivity index (χ3n) is 2.91. The molecule has 4 N–H and O–H groups in total. The molecule has 1 rings (SSSR count). The summed E-state index contributed by atoms with van der Waals surface area (Å²) in [5, 5.41) is 11.4. The lowest BCUT2D eigenvalue weighted by atomic mass is 10.2. The number of nitrogens with two attached hydrogens (primary N) is 1. The Kier molecular flexibility index (Phi) is 4.49. The van der Waals surface area contributed by atoms with Gasteiger partial charge in [0, 0.05) is 20.1 Å². The van der Waals surface area contributed by atoms with E-state index in [1.54, 1.807) is 0 Å². The van der Waals surface area contributed by atoms with Crippen molar-refractivity contribution in [2.45, 2.75) is 31.5 Å². The Hall–Kier alpha value is -1.83. The lowest BCUT2D eigenvalue weighted by molar-refractivity contribution is -0.141. The fraction of sp³-hybridized carbons (Fsp3) is 0.700. The largest absolute Gasteiger partial charge is 0.480 e. The minimum absolute atomic E-state index is 0.171. The number of carboxylic acids is 1. The van der Waals surface area contributed by atoms with Gasteiger partial charge in [-0.1, -0.05) is 0 Å². The van der Waals surface area contributed by atoms with E-state index in [0.717, 1.165) is 4.90 Å². The van der Waals surface area contributed by atoms with Crippen molar-refractivity contribution in [2.24, 2.45) is 5.73 Å². The molecule has 3 amide bonds. The topological polar surface area (TPSA) is 122 Å². The average Bonchev–Trinajstić information content (AvgIpc) is 2.72. The van der Waals surface area contributed by atoms with E-state index in [2.05, 4.69) is 5.32 Å². The summed E-state index contributed by atoms with van der Waals surface area (Å²) in [5.74, 6) is -1.78. The van der Waals surface area contributed by atoms with Crippen LogP contribution >= 0.6 is 0 Å². The molecule has 8 nitrogen and oxygen atoms in total. The van der Waals surface area contributed by atoms with E-state index in [1.165, 1.54) is 14.0 Å². The van der Waals surface area contributed by atoms with E-state index in [4.69, 9.17) is 15.6 Å². The molecule has 8 heteroatoms. The van der Waals surface area contributed by atoms with E-state index < -0.39 is 30.0 Å². The molecular formula is C10H17N3O5. The van der Waals surface area contributed by atoms with Gasteiger partial charge in [-0.05, 0) is 6.92 Å². The summed E-state index contributed by atoms with van der Waals surface area (Å²) < 4.78 is 5.05. The van der Waals surface area contributed by atoms with Crippen LogP contribution in [-0.2, 0) is 14.3 Å². The molecule has 1 heterocycles. The Labute approximate surface area is 104 Å². The number of hydrogen-bond acceptors (Lipinski definition) is 4. The van der Waals surface area contributed by atoms with Gasteiger partial charge in [0.2, 0.25) is 5.91 Å². The van der Waals surface area contributed by atoms with Gasteiger partial charge in [0.1, 0.15) is 12.1 Å². The molecule has 1 aliphatic rings. The highest BCUT2D eigenvalue weighted by Gasteiger charge is 2.40. The van der Waals surface area contributed by atoms with E-state index in [1.807, 2.05) is 0 Å². The number of carboxylic acid groups (broad SMARTS) is 1. The van der Waals surface area contributed by atoms with Crippen LogP contribution in [0.25, 0.3) is 0 Å². The number of likely N-dealkylation sites (tertiary alicyclic amines) is 1. The van der Waals surface area contributed by atoms with Gasteiger partial charge >= 0.3 is 12.0 Å². The predicted octanol–water partition coefficient (Wildman–Crippen LogP) is -1.26. The highest BCUT2D eigenvalue weighted by atomic mass is 16.5. The molecule has 3 atom stereocenters. The lowest BCUT2D eigenvalue weighted by Gasteiger charge is -2.23. The zero-order chi connectivity index (χ0) is 13.9. The Morgan fingerprint density at radius 3 is 2.56 bits per heavy atom.